The maximum Gasteiger partial charge on any atom is 0.150 e. The highest BCUT2D eigenvalue weighted by atomic mass is 32.1. The van der Waals surface area contributed by atoms with Crippen molar-refractivity contribution in [3.8, 4) is 23.0 Å². The molecular formula is C27H20FNS. The molecule has 0 aliphatic heterocycles. The molecule has 30 heavy (non-hydrogen) atoms. The van der Waals surface area contributed by atoms with Gasteiger partial charge in [0.15, 0.2) is 0 Å². The van der Waals surface area contributed by atoms with Crippen LogP contribution in [0.2, 0.25) is 0 Å². The SMILES string of the molecule is CCc1ccc(C#CC2=Cc3ccc(-c4ccc(N=C=S)c(F)c4)cc3CC2)cc1. The minimum Gasteiger partial charge on any atom is -0.205 e. The third kappa shape index (κ3) is 4.47. The second-order valence-corrected chi connectivity index (χ2v) is 7.44. The summed E-state index contributed by atoms with van der Waals surface area (Å²) in [5.41, 5.74) is 7.96. The van der Waals surface area contributed by atoms with E-state index in [4.69, 9.17) is 0 Å². The fourth-order valence-corrected chi connectivity index (χ4v) is 3.67. The van der Waals surface area contributed by atoms with Crippen LogP contribution in [0.15, 0.2) is 71.2 Å². The number of aliphatic imine (C=N–C) groups is 1. The van der Waals surface area contributed by atoms with Gasteiger partial charge in [-0.1, -0.05) is 55.2 Å². The van der Waals surface area contributed by atoms with Gasteiger partial charge in [0, 0.05) is 11.1 Å². The van der Waals surface area contributed by atoms with Gasteiger partial charge in [0.1, 0.15) is 11.5 Å². The monoisotopic (exact) mass is 409 g/mol. The van der Waals surface area contributed by atoms with E-state index < -0.39 is 5.82 Å². The summed E-state index contributed by atoms with van der Waals surface area (Å²) in [6, 6.07) is 19.6. The lowest BCUT2D eigenvalue weighted by molar-refractivity contribution is 0.630. The minimum atomic E-state index is -0.396. The summed E-state index contributed by atoms with van der Waals surface area (Å²) in [6.45, 7) is 2.15. The second kappa shape index (κ2) is 9.01. The Labute approximate surface area is 182 Å². The molecule has 0 saturated heterocycles. The summed E-state index contributed by atoms with van der Waals surface area (Å²) < 4.78 is 14.2. The molecule has 0 aromatic heterocycles. The Morgan fingerprint density at radius 1 is 0.933 bits per heavy atom. The molecular weight excluding hydrogens is 389 g/mol. The lowest BCUT2D eigenvalue weighted by atomic mass is 9.89. The lowest BCUT2D eigenvalue weighted by Crippen LogP contribution is -1.99. The first-order valence-electron chi connectivity index (χ1n) is 9.98. The summed E-state index contributed by atoms with van der Waals surface area (Å²) >= 11 is 4.55. The van der Waals surface area contributed by atoms with Crippen molar-refractivity contribution in [1.29, 1.82) is 0 Å². The summed E-state index contributed by atoms with van der Waals surface area (Å²) in [5, 5.41) is 2.21. The first kappa shape index (κ1) is 20.0. The Hall–Kier alpha value is -3.31. The van der Waals surface area contributed by atoms with E-state index in [0.29, 0.717) is 0 Å². The maximum absolute atomic E-state index is 14.2. The molecule has 0 saturated carbocycles. The molecule has 3 aromatic rings. The van der Waals surface area contributed by atoms with Gasteiger partial charge < -0.3 is 0 Å². The van der Waals surface area contributed by atoms with Crippen molar-refractivity contribution in [3.05, 3.63) is 94.3 Å². The van der Waals surface area contributed by atoms with E-state index in [1.807, 2.05) is 12.1 Å². The van der Waals surface area contributed by atoms with Crippen molar-refractivity contribution >= 4 is 29.1 Å². The third-order valence-corrected chi connectivity index (χ3v) is 5.40. The molecule has 4 rings (SSSR count). The molecule has 1 nitrogen and oxygen atoms in total. The Kier molecular flexibility index (Phi) is 6.00. The van der Waals surface area contributed by atoms with Crippen molar-refractivity contribution in [2.75, 3.05) is 0 Å². The molecule has 3 heteroatoms. The van der Waals surface area contributed by atoms with Gasteiger partial charge in [-0.15, -0.1) is 0 Å². The number of hydrogen-bond donors (Lipinski definition) is 0. The molecule has 0 amide bonds. The molecule has 0 bridgehead atoms. The van der Waals surface area contributed by atoms with Gasteiger partial charge >= 0.3 is 0 Å². The van der Waals surface area contributed by atoms with Crippen LogP contribution < -0.4 is 0 Å². The Balaban J connectivity index is 1.57. The molecule has 0 heterocycles. The average Bonchev–Trinajstić information content (AvgIpc) is 2.79. The highest BCUT2D eigenvalue weighted by Crippen LogP contribution is 2.31. The zero-order chi connectivity index (χ0) is 20.9. The van der Waals surface area contributed by atoms with Gasteiger partial charge in [-0.25, -0.2) is 4.39 Å². The zero-order valence-corrected chi connectivity index (χ0v) is 17.5. The molecule has 3 aromatic carbocycles. The van der Waals surface area contributed by atoms with Gasteiger partial charge in [-0.3, -0.25) is 0 Å². The van der Waals surface area contributed by atoms with Gasteiger partial charge in [0.25, 0.3) is 0 Å². The molecule has 1 aliphatic carbocycles. The van der Waals surface area contributed by atoms with Crippen molar-refractivity contribution in [1.82, 2.24) is 0 Å². The average molecular weight is 410 g/mol. The van der Waals surface area contributed by atoms with E-state index in [1.54, 1.807) is 6.07 Å². The molecule has 0 N–H and O–H groups in total. The normalized spacial score (nSPS) is 12.1. The van der Waals surface area contributed by atoms with Crippen LogP contribution in [0.3, 0.4) is 0 Å². The van der Waals surface area contributed by atoms with E-state index in [9.17, 15) is 4.39 Å². The van der Waals surface area contributed by atoms with Crippen LogP contribution in [-0.4, -0.2) is 5.16 Å². The number of hydrogen-bond acceptors (Lipinski definition) is 2. The first-order chi connectivity index (χ1) is 14.7. The maximum atomic E-state index is 14.2. The molecule has 1 aliphatic rings. The summed E-state index contributed by atoms with van der Waals surface area (Å²) in [4.78, 5) is 3.74. The molecule has 0 radical (unpaired) electrons. The first-order valence-corrected chi connectivity index (χ1v) is 10.4. The van der Waals surface area contributed by atoms with Crippen LogP contribution in [-0.2, 0) is 12.8 Å². The fourth-order valence-electron chi connectivity index (χ4n) is 3.57. The summed E-state index contributed by atoms with van der Waals surface area (Å²) in [6.07, 6.45) is 5.03. The van der Waals surface area contributed by atoms with Crippen LogP contribution in [0.4, 0.5) is 10.1 Å². The van der Waals surface area contributed by atoms with Gasteiger partial charge in [0.2, 0.25) is 0 Å². The number of rotatable bonds is 3. The summed E-state index contributed by atoms with van der Waals surface area (Å²) in [7, 11) is 0. The highest BCUT2D eigenvalue weighted by molar-refractivity contribution is 7.78. The van der Waals surface area contributed by atoms with Crippen LogP contribution >= 0.6 is 12.2 Å². The van der Waals surface area contributed by atoms with Crippen LogP contribution in [0.25, 0.3) is 17.2 Å². The van der Waals surface area contributed by atoms with Crippen molar-refractivity contribution in [2.45, 2.75) is 26.2 Å². The number of allylic oxidation sites excluding steroid dienone is 1. The molecule has 0 unspecified atom stereocenters. The van der Waals surface area contributed by atoms with Gasteiger partial charge in [-0.2, -0.15) is 4.99 Å². The van der Waals surface area contributed by atoms with E-state index in [2.05, 4.69) is 83.6 Å². The van der Waals surface area contributed by atoms with E-state index in [1.165, 1.54) is 22.8 Å². The predicted molar refractivity (Wildman–Crippen MR) is 126 cm³/mol. The van der Waals surface area contributed by atoms with Crippen LogP contribution in [0, 0.1) is 17.7 Å². The topological polar surface area (TPSA) is 12.4 Å². The Morgan fingerprint density at radius 3 is 2.43 bits per heavy atom. The molecule has 0 atom stereocenters. The minimum absolute atomic E-state index is 0.210. The van der Waals surface area contributed by atoms with Crippen LogP contribution in [0.1, 0.15) is 35.6 Å². The van der Waals surface area contributed by atoms with Crippen LogP contribution in [0.5, 0.6) is 0 Å². The highest BCUT2D eigenvalue weighted by Gasteiger charge is 2.11. The van der Waals surface area contributed by atoms with Gasteiger partial charge in [0.05, 0.1) is 5.16 Å². The summed E-state index contributed by atoms with van der Waals surface area (Å²) in [5.74, 6) is 6.20. The largest absolute Gasteiger partial charge is 0.205 e. The van der Waals surface area contributed by atoms with E-state index in [0.717, 1.165) is 41.5 Å². The smallest absolute Gasteiger partial charge is 0.150 e. The standard InChI is InChI=1S/C27H20FNS/c1-2-19-3-5-20(6-4-19)7-8-21-9-10-23-16-24(12-11-22(23)15-21)25-13-14-27(29-18-30)26(28)17-25/h3-6,11-17H,2,9-10H2,1H3. The van der Waals surface area contributed by atoms with Crippen molar-refractivity contribution < 1.29 is 4.39 Å². The second-order valence-electron chi connectivity index (χ2n) is 7.25. The van der Waals surface area contributed by atoms with E-state index >= 15 is 0 Å². The number of fused-ring (bicyclic) bond motifs is 1. The Morgan fingerprint density at radius 2 is 1.70 bits per heavy atom. The number of benzene rings is 3. The fraction of sp³-hybridized carbons (Fsp3) is 0.148. The zero-order valence-electron chi connectivity index (χ0n) is 16.7. The third-order valence-electron chi connectivity index (χ3n) is 5.31. The molecule has 146 valence electrons. The lowest BCUT2D eigenvalue weighted by Gasteiger charge is -2.15. The van der Waals surface area contributed by atoms with E-state index in [-0.39, 0.29) is 5.69 Å². The van der Waals surface area contributed by atoms with Crippen molar-refractivity contribution in [3.63, 3.8) is 0 Å². The number of halogens is 1. The molecule has 0 spiro atoms. The quantitative estimate of drug-likeness (QED) is 0.254. The number of nitrogens with zero attached hydrogens (tertiary/aromatic N) is 1. The van der Waals surface area contributed by atoms with Crippen molar-refractivity contribution in [2.24, 2.45) is 4.99 Å². The molecule has 0 fully saturated rings. The number of aryl methyl sites for hydroxylation is 2. The van der Waals surface area contributed by atoms with Gasteiger partial charge in [-0.05, 0) is 89.6 Å². The Bertz CT molecular complexity index is 1240. The number of isothiocyanates is 1. The number of thiocarbonyl (C=S) groups is 1. The predicted octanol–water partition coefficient (Wildman–Crippen LogP) is 7.17.